The SMILES string of the molecule is O=C(CCCF)Nc1ccccc1. The molecule has 0 radical (unpaired) electrons. The zero-order valence-corrected chi connectivity index (χ0v) is 7.29. The molecule has 0 saturated carbocycles. The number of halogens is 1. The number of para-hydroxylation sites is 1. The highest BCUT2D eigenvalue weighted by atomic mass is 19.1. The molecule has 1 aromatic rings. The van der Waals surface area contributed by atoms with Crippen LogP contribution in [0.4, 0.5) is 10.1 Å². The number of benzene rings is 1. The van der Waals surface area contributed by atoms with Gasteiger partial charge in [0.1, 0.15) is 0 Å². The lowest BCUT2D eigenvalue weighted by atomic mass is 10.3. The van der Waals surface area contributed by atoms with Gasteiger partial charge in [-0.1, -0.05) is 18.2 Å². The highest BCUT2D eigenvalue weighted by Gasteiger charge is 2.00. The van der Waals surface area contributed by atoms with Gasteiger partial charge in [-0.2, -0.15) is 0 Å². The van der Waals surface area contributed by atoms with E-state index in [2.05, 4.69) is 5.32 Å². The molecule has 0 fully saturated rings. The number of alkyl halides is 1. The van der Waals surface area contributed by atoms with Crippen molar-refractivity contribution in [3.05, 3.63) is 30.3 Å². The van der Waals surface area contributed by atoms with Gasteiger partial charge in [0, 0.05) is 12.1 Å². The third-order valence-electron chi connectivity index (χ3n) is 1.60. The molecule has 1 N–H and O–H groups in total. The van der Waals surface area contributed by atoms with Gasteiger partial charge in [0.15, 0.2) is 0 Å². The Labute approximate surface area is 76.8 Å². The summed E-state index contributed by atoms with van der Waals surface area (Å²) in [7, 11) is 0. The highest BCUT2D eigenvalue weighted by molar-refractivity contribution is 5.90. The second-order valence-corrected chi connectivity index (χ2v) is 2.71. The Morgan fingerprint density at radius 1 is 1.31 bits per heavy atom. The fourth-order valence-corrected chi connectivity index (χ4v) is 0.972. The van der Waals surface area contributed by atoms with Crippen LogP contribution in [0.2, 0.25) is 0 Å². The van der Waals surface area contributed by atoms with Crippen molar-refractivity contribution in [3.8, 4) is 0 Å². The molecular weight excluding hydrogens is 169 g/mol. The number of rotatable bonds is 4. The predicted octanol–water partition coefficient (Wildman–Crippen LogP) is 2.37. The summed E-state index contributed by atoms with van der Waals surface area (Å²) in [6.07, 6.45) is 0.532. The molecule has 0 aromatic heterocycles. The maximum atomic E-state index is 11.7. The van der Waals surface area contributed by atoms with Crippen molar-refractivity contribution >= 4 is 11.6 Å². The summed E-state index contributed by atoms with van der Waals surface area (Å²) in [6.45, 7) is -0.442. The summed E-state index contributed by atoms with van der Waals surface area (Å²) in [5, 5.41) is 2.67. The molecule has 70 valence electrons. The van der Waals surface area contributed by atoms with E-state index in [0.717, 1.165) is 5.69 Å². The van der Waals surface area contributed by atoms with Crippen molar-refractivity contribution in [2.24, 2.45) is 0 Å². The molecule has 0 aliphatic rings. The van der Waals surface area contributed by atoms with E-state index < -0.39 is 6.67 Å². The number of carbonyl (C=O) groups excluding carboxylic acids is 1. The molecule has 0 aliphatic heterocycles. The first kappa shape index (κ1) is 9.71. The summed E-state index contributed by atoms with van der Waals surface area (Å²) in [5.41, 5.74) is 0.756. The molecule has 0 unspecified atom stereocenters. The monoisotopic (exact) mass is 181 g/mol. The highest BCUT2D eigenvalue weighted by Crippen LogP contribution is 2.05. The Balaban J connectivity index is 2.37. The zero-order chi connectivity index (χ0) is 9.52. The van der Waals surface area contributed by atoms with Crippen molar-refractivity contribution in [1.29, 1.82) is 0 Å². The molecule has 2 nitrogen and oxygen atoms in total. The first-order chi connectivity index (χ1) is 6.33. The van der Waals surface area contributed by atoms with E-state index in [9.17, 15) is 9.18 Å². The minimum atomic E-state index is -0.442. The van der Waals surface area contributed by atoms with Crippen molar-refractivity contribution in [3.63, 3.8) is 0 Å². The number of hydrogen-bond acceptors (Lipinski definition) is 1. The predicted molar refractivity (Wildman–Crippen MR) is 50.3 cm³/mol. The molecule has 1 rings (SSSR count). The van der Waals surface area contributed by atoms with E-state index in [1.807, 2.05) is 18.2 Å². The largest absolute Gasteiger partial charge is 0.326 e. The minimum absolute atomic E-state index is 0.135. The van der Waals surface area contributed by atoms with Crippen LogP contribution in [-0.4, -0.2) is 12.6 Å². The topological polar surface area (TPSA) is 29.1 Å². The van der Waals surface area contributed by atoms with E-state index >= 15 is 0 Å². The Kier molecular flexibility index (Phi) is 3.96. The van der Waals surface area contributed by atoms with Crippen molar-refractivity contribution < 1.29 is 9.18 Å². The molecule has 0 atom stereocenters. The first-order valence-corrected chi connectivity index (χ1v) is 4.24. The van der Waals surface area contributed by atoms with Crippen LogP contribution < -0.4 is 5.32 Å². The number of hydrogen-bond donors (Lipinski definition) is 1. The van der Waals surface area contributed by atoms with E-state index in [1.54, 1.807) is 12.1 Å². The third kappa shape index (κ3) is 3.69. The van der Waals surface area contributed by atoms with E-state index in [4.69, 9.17) is 0 Å². The molecule has 0 saturated heterocycles. The first-order valence-electron chi connectivity index (χ1n) is 4.24. The summed E-state index contributed by atoms with van der Waals surface area (Å²) < 4.78 is 11.7. The van der Waals surface area contributed by atoms with Gasteiger partial charge in [0.05, 0.1) is 6.67 Å². The van der Waals surface area contributed by atoms with Gasteiger partial charge < -0.3 is 5.32 Å². The second-order valence-electron chi connectivity index (χ2n) is 2.71. The molecule has 0 spiro atoms. The molecule has 3 heteroatoms. The number of carbonyl (C=O) groups is 1. The fraction of sp³-hybridized carbons (Fsp3) is 0.300. The summed E-state index contributed by atoms with van der Waals surface area (Å²) >= 11 is 0. The maximum Gasteiger partial charge on any atom is 0.224 e. The normalized spacial score (nSPS) is 9.62. The van der Waals surface area contributed by atoms with Crippen LogP contribution in [0.15, 0.2) is 30.3 Å². The molecule has 1 aromatic carbocycles. The van der Waals surface area contributed by atoms with E-state index in [-0.39, 0.29) is 12.3 Å². The van der Waals surface area contributed by atoms with Gasteiger partial charge in [-0.3, -0.25) is 9.18 Å². The van der Waals surface area contributed by atoms with Crippen LogP contribution in [0.25, 0.3) is 0 Å². The minimum Gasteiger partial charge on any atom is -0.326 e. The van der Waals surface area contributed by atoms with Gasteiger partial charge in [0.25, 0.3) is 0 Å². The van der Waals surface area contributed by atoms with Crippen LogP contribution in [0, 0.1) is 0 Å². The molecule has 0 bridgehead atoms. The average molecular weight is 181 g/mol. The van der Waals surface area contributed by atoms with Crippen LogP contribution in [0.3, 0.4) is 0 Å². The molecule has 0 heterocycles. The van der Waals surface area contributed by atoms with Crippen molar-refractivity contribution in [2.45, 2.75) is 12.8 Å². The van der Waals surface area contributed by atoms with Gasteiger partial charge in [0.2, 0.25) is 5.91 Å². The Bertz CT molecular complexity index is 261. The average Bonchev–Trinajstić information content (AvgIpc) is 2.16. The summed E-state index contributed by atoms with van der Waals surface area (Å²) in [6, 6.07) is 9.15. The van der Waals surface area contributed by atoms with Crippen LogP contribution in [0.1, 0.15) is 12.8 Å². The fourth-order valence-electron chi connectivity index (χ4n) is 0.972. The molecule has 0 aliphatic carbocycles. The third-order valence-corrected chi connectivity index (χ3v) is 1.60. The van der Waals surface area contributed by atoms with Crippen LogP contribution >= 0.6 is 0 Å². The quantitative estimate of drug-likeness (QED) is 0.759. The maximum absolute atomic E-state index is 11.7. The number of anilines is 1. The van der Waals surface area contributed by atoms with E-state index in [1.165, 1.54) is 0 Å². The lowest BCUT2D eigenvalue weighted by molar-refractivity contribution is -0.116. The van der Waals surface area contributed by atoms with Gasteiger partial charge >= 0.3 is 0 Å². The Morgan fingerprint density at radius 2 is 2.00 bits per heavy atom. The molecule has 1 amide bonds. The number of amides is 1. The second kappa shape index (κ2) is 5.30. The van der Waals surface area contributed by atoms with Crippen molar-refractivity contribution in [2.75, 3.05) is 12.0 Å². The summed E-state index contributed by atoms with van der Waals surface area (Å²) in [4.78, 5) is 11.1. The molecule has 13 heavy (non-hydrogen) atoms. The van der Waals surface area contributed by atoms with Crippen LogP contribution in [-0.2, 0) is 4.79 Å². The lowest BCUT2D eigenvalue weighted by Crippen LogP contribution is -2.10. The smallest absolute Gasteiger partial charge is 0.224 e. The zero-order valence-electron chi connectivity index (χ0n) is 7.29. The number of nitrogens with one attached hydrogen (secondary N) is 1. The van der Waals surface area contributed by atoms with Gasteiger partial charge in [-0.15, -0.1) is 0 Å². The van der Waals surface area contributed by atoms with E-state index in [0.29, 0.717) is 6.42 Å². The summed E-state index contributed by atoms with van der Waals surface area (Å²) in [5.74, 6) is -0.135. The Hall–Kier alpha value is -1.38. The standard InChI is InChI=1S/C10H12FNO/c11-8-4-7-10(13)12-9-5-2-1-3-6-9/h1-3,5-6H,4,7-8H2,(H,12,13). The van der Waals surface area contributed by atoms with Gasteiger partial charge in [-0.05, 0) is 18.6 Å². The molecular formula is C10H12FNO. The van der Waals surface area contributed by atoms with Crippen molar-refractivity contribution in [1.82, 2.24) is 0 Å². The van der Waals surface area contributed by atoms with Gasteiger partial charge in [-0.25, -0.2) is 0 Å². The lowest BCUT2D eigenvalue weighted by Gasteiger charge is -2.02. The Morgan fingerprint density at radius 3 is 2.62 bits per heavy atom. The van der Waals surface area contributed by atoms with Crippen LogP contribution in [0.5, 0.6) is 0 Å².